The van der Waals surface area contributed by atoms with Crippen LogP contribution >= 0.6 is 0 Å². The molecule has 1 saturated heterocycles. The minimum absolute atomic E-state index is 0.293. The van der Waals surface area contributed by atoms with Gasteiger partial charge in [-0.3, -0.25) is 0 Å². The second-order valence-electron chi connectivity index (χ2n) is 16.4. The standard InChI is InChI=1S/C56H60O9/c1-57-56-55(63-40-47-30-18-7-19-31-47)54(62-39-46-28-16-6-17-29-46)53(61-38-45-26-14-5-15-27-45)49(65-56)33-32-48-34-50(59-36-43-22-10-3-11-23-43)52(60-37-44-24-12-4-13-25-44)51(64-48)41-58-35-42-20-8-2-9-21-42/h2-31,34,49-56H,32-33,35-41H2,1H3/t49-,50-,51-,52-,53+,54+,55-,56+/m1/s1. The van der Waals surface area contributed by atoms with Crippen molar-refractivity contribution >= 4 is 0 Å². The van der Waals surface area contributed by atoms with Crippen LogP contribution in [0.25, 0.3) is 0 Å². The summed E-state index contributed by atoms with van der Waals surface area (Å²) in [5.41, 5.74) is 6.33. The van der Waals surface area contributed by atoms with Crippen LogP contribution in [0.2, 0.25) is 0 Å². The number of allylic oxidation sites excluding steroid dienone is 1. The molecule has 8 rings (SSSR count). The smallest absolute Gasteiger partial charge is 0.186 e. The van der Waals surface area contributed by atoms with E-state index >= 15 is 0 Å². The molecule has 9 heteroatoms. The third kappa shape index (κ3) is 13.8. The maximum Gasteiger partial charge on any atom is 0.186 e. The SMILES string of the molecule is CO[C@H]1O[C@H](CCC2=C[C@@H](OCc3ccccc3)[C@@H](OCc3ccccc3)[C@@H](COCc3ccccc3)O2)[C@H](OCc2ccccc2)[C@H](OCc2ccccc2)[C@H]1OCc1ccccc1. The van der Waals surface area contributed by atoms with Gasteiger partial charge in [0.1, 0.15) is 30.5 Å². The molecule has 2 heterocycles. The van der Waals surface area contributed by atoms with Crippen LogP contribution in [0.5, 0.6) is 0 Å². The van der Waals surface area contributed by atoms with Crippen molar-refractivity contribution in [2.24, 2.45) is 0 Å². The summed E-state index contributed by atoms with van der Waals surface area (Å²) in [6.07, 6.45) is -1.14. The summed E-state index contributed by atoms with van der Waals surface area (Å²) in [5.74, 6) is 0.763. The van der Waals surface area contributed by atoms with E-state index in [1.165, 1.54) is 0 Å². The molecule has 0 saturated carbocycles. The van der Waals surface area contributed by atoms with Gasteiger partial charge in [0, 0.05) is 13.5 Å². The largest absolute Gasteiger partial charge is 0.490 e. The van der Waals surface area contributed by atoms with Crippen molar-refractivity contribution in [3.05, 3.63) is 227 Å². The molecule has 0 amide bonds. The molecule has 6 aromatic rings. The Morgan fingerprint density at radius 2 is 0.785 bits per heavy atom. The van der Waals surface area contributed by atoms with E-state index in [2.05, 4.69) is 66.7 Å². The Hall–Kier alpha value is -5.46. The maximum absolute atomic E-state index is 6.90. The van der Waals surface area contributed by atoms with E-state index < -0.39 is 49.0 Å². The van der Waals surface area contributed by atoms with Crippen molar-refractivity contribution in [3.63, 3.8) is 0 Å². The first-order chi connectivity index (χ1) is 32.2. The quantitative estimate of drug-likeness (QED) is 0.0625. The Morgan fingerprint density at radius 3 is 1.23 bits per heavy atom. The average molecular weight is 877 g/mol. The molecule has 338 valence electrons. The molecule has 6 aromatic carbocycles. The lowest BCUT2D eigenvalue weighted by molar-refractivity contribution is -0.318. The van der Waals surface area contributed by atoms with Gasteiger partial charge < -0.3 is 42.6 Å². The van der Waals surface area contributed by atoms with E-state index in [-0.39, 0.29) is 0 Å². The lowest BCUT2D eigenvalue weighted by Crippen LogP contribution is -2.60. The maximum atomic E-state index is 6.90. The molecule has 0 spiro atoms. The van der Waals surface area contributed by atoms with Crippen LogP contribution < -0.4 is 0 Å². The van der Waals surface area contributed by atoms with Gasteiger partial charge in [-0.1, -0.05) is 182 Å². The van der Waals surface area contributed by atoms with Crippen molar-refractivity contribution in [1.82, 2.24) is 0 Å². The van der Waals surface area contributed by atoms with Gasteiger partial charge >= 0.3 is 0 Å². The fourth-order valence-electron chi connectivity index (χ4n) is 8.26. The zero-order valence-electron chi connectivity index (χ0n) is 37.1. The number of benzene rings is 6. The molecule has 9 nitrogen and oxygen atoms in total. The first-order valence-electron chi connectivity index (χ1n) is 22.6. The van der Waals surface area contributed by atoms with Crippen molar-refractivity contribution in [2.45, 2.75) is 102 Å². The van der Waals surface area contributed by atoms with Crippen LogP contribution in [0.15, 0.2) is 194 Å². The first kappa shape index (κ1) is 46.1. The van der Waals surface area contributed by atoms with Gasteiger partial charge in [0.2, 0.25) is 0 Å². The summed E-state index contributed by atoms with van der Waals surface area (Å²) in [7, 11) is 1.65. The summed E-state index contributed by atoms with van der Waals surface area (Å²) in [4.78, 5) is 0. The van der Waals surface area contributed by atoms with Crippen LogP contribution in [0.3, 0.4) is 0 Å². The van der Waals surface area contributed by atoms with Crippen molar-refractivity contribution in [2.75, 3.05) is 13.7 Å². The van der Waals surface area contributed by atoms with Gasteiger partial charge in [-0.15, -0.1) is 0 Å². The molecule has 0 N–H and O–H groups in total. The zero-order valence-corrected chi connectivity index (χ0v) is 37.1. The predicted molar refractivity (Wildman–Crippen MR) is 249 cm³/mol. The molecular formula is C56H60O9. The monoisotopic (exact) mass is 876 g/mol. The predicted octanol–water partition coefficient (Wildman–Crippen LogP) is 10.6. The van der Waals surface area contributed by atoms with Crippen LogP contribution in [-0.4, -0.2) is 62.7 Å². The summed E-state index contributed by atoms with van der Waals surface area (Å²) in [5, 5.41) is 0. The van der Waals surface area contributed by atoms with Gasteiger partial charge in [-0.05, 0) is 45.9 Å². The molecular weight excluding hydrogens is 817 g/mol. The van der Waals surface area contributed by atoms with Gasteiger partial charge in [0.15, 0.2) is 12.4 Å². The molecule has 0 aromatic heterocycles. The lowest BCUT2D eigenvalue weighted by atomic mass is 9.93. The highest BCUT2D eigenvalue weighted by Crippen LogP contribution is 2.35. The van der Waals surface area contributed by atoms with E-state index in [9.17, 15) is 0 Å². The molecule has 8 atom stereocenters. The first-order valence-corrected chi connectivity index (χ1v) is 22.6. The van der Waals surface area contributed by atoms with Gasteiger partial charge in [-0.2, -0.15) is 0 Å². The summed E-state index contributed by atoms with van der Waals surface area (Å²) < 4.78 is 60.2. The molecule has 0 radical (unpaired) electrons. The number of methoxy groups -OCH3 is 1. The van der Waals surface area contributed by atoms with Gasteiger partial charge in [0.25, 0.3) is 0 Å². The fraction of sp³-hybridized carbons (Fsp3) is 0.321. The van der Waals surface area contributed by atoms with Crippen LogP contribution in [0.1, 0.15) is 46.2 Å². The Kier molecular flexibility index (Phi) is 17.5. The highest BCUT2D eigenvalue weighted by atomic mass is 16.7. The van der Waals surface area contributed by atoms with Crippen molar-refractivity contribution < 1.29 is 42.6 Å². The molecule has 1 fully saturated rings. The second kappa shape index (κ2) is 24.7. The van der Waals surface area contributed by atoms with Crippen LogP contribution in [0.4, 0.5) is 0 Å². The topological polar surface area (TPSA) is 83.1 Å². The van der Waals surface area contributed by atoms with Gasteiger partial charge in [0.05, 0.1) is 58.1 Å². The minimum atomic E-state index is -0.737. The molecule has 0 aliphatic carbocycles. The highest BCUT2D eigenvalue weighted by molar-refractivity contribution is 5.19. The fourth-order valence-corrected chi connectivity index (χ4v) is 8.26. The normalized spacial score (nSPS) is 23.1. The Balaban J connectivity index is 1.07. The second-order valence-corrected chi connectivity index (χ2v) is 16.4. The van der Waals surface area contributed by atoms with Crippen molar-refractivity contribution in [3.8, 4) is 0 Å². The van der Waals surface area contributed by atoms with Gasteiger partial charge in [-0.25, -0.2) is 0 Å². The van der Waals surface area contributed by atoms with Crippen LogP contribution in [-0.2, 0) is 82.3 Å². The molecule has 65 heavy (non-hydrogen) atoms. The lowest BCUT2D eigenvalue weighted by Gasteiger charge is -2.46. The number of rotatable bonds is 23. The Bertz CT molecular complexity index is 2250. The third-order valence-corrected chi connectivity index (χ3v) is 11.7. The van der Waals surface area contributed by atoms with Crippen LogP contribution in [0, 0.1) is 0 Å². The highest BCUT2D eigenvalue weighted by Gasteiger charge is 2.49. The molecule has 0 unspecified atom stereocenters. The average Bonchev–Trinajstić information content (AvgIpc) is 3.37. The zero-order chi connectivity index (χ0) is 44.3. The molecule has 2 aliphatic rings. The summed E-state index contributed by atoms with van der Waals surface area (Å²) in [6.45, 7) is 2.59. The molecule has 2 aliphatic heterocycles. The van der Waals surface area contributed by atoms with E-state index in [1.54, 1.807) is 7.11 Å². The van der Waals surface area contributed by atoms with E-state index in [0.29, 0.717) is 59.1 Å². The molecule has 0 bridgehead atoms. The minimum Gasteiger partial charge on any atom is -0.490 e. The summed E-state index contributed by atoms with van der Waals surface area (Å²) in [6, 6.07) is 60.9. The van der Waals surface area contributed by atoms with Crippen molar-refractivity contribution in [1.29, 1.82) is 0 Å². The number of hydrogen-bond acceptors (Lipinski definition) is 9. The Labute approximate surface area is 383 Å². The third-order valence-electron chi connectivity index (χ3n) is 11.7. The number of hydrogen-bond donors (Lipinski definition) is 0. The van der Waals surface area contributed by atoms with E-state index in [1.807, 2.05) is 121 Å². The summed E-state index contributed by atoms with van der Waals surface area (Å²) >= 11 is 0. The van der Waals surface area contributed by atoms with E-state index in [4.69, 9.17) is 42.6 Å². The number of ether oxygens (including phenoxy) is 9. The Morgan fingerprint density at radius 1 is 0.400 bits per heavy atom. The van der Waals surface area contributed by atoms with E-state index in [0.717, 1.165) is 39.1 Å².